The van der Waals surface area contributed by atoms with Crippen LogP contribution in [-0.2, 0) is 9.59 Å². The molecule has 0 N–H and O–H groups in total. The van der Waals surface area contributed by atoms with Gasteiger partial charge in [-0.25, -0.2) is 4.79 Å². The van der Waals surface area contributed by atoms with Gasteiger partial charge in [0.05, 0.1) is 0 Å². The van der Waals surface area contributed by atoms with Gasteiger partial charge in [0.1, 0.15) is 12.6 Å². The van der Waals surface area contributed by atoms with Crippen molar-refractivity contribution >= 4 is 23.5 Å². The van der Waals surface area contributed by atoms with Crippen molar-refractivity contribution in [2.75, 3.05) is 24.5 Å². The summed E-state index contributed by atoms with van der Waals surface area (Å²) in [4.78, 5) is 42.1. The van der Waals surface area contributed by atoms with Crippen LogP contribution in [0.4, 0.5) is 10.5 Å². The number of carbonyl (C=O) groups is 3. The van der Waals surface area contributed by atoms with Crippen LogP contribution < -0.4 is 4.90 Å². The number of benzene rings is 1. The minimum Gasteiger partial charge on any atom is -0.341 e. The van der Waals surface area contributed by atoms with Gasteiger partial charge in [-0.2, -0.15) is 0 Å². The number of hydrogen-bond donors (Lipinski definition) is 0. The van der Waals surface area contributed by atoms with Gasteiger partial charge in [0.15, 0.2) is 0 Å². The van der Waals surface area contributed by atoms with Crippen LogP contribution >= 0.6 is 0 Å². The van der Waals surface area contributed by atoms with Crippen molar-refractivity contribution in [1.82, 2.24) is 9.80 Å². The van der Waals surface area contributed by atoms with E-state index in [1.165, 1.54) is 4.90 Å². The van der Waals surface area contributed by atoms with Crippen molar-refractivity contribution < 1.29 is 14.4 Å². The van der Waals surface area contributed by atoms with Gasteiger partial charge in [-0.1, -0.05) is 24.6 Å². The van der Waals surface area contributed by atoms with E-state index >= 15 is 0 Å². The molecule has 0 aromatic heterocycles. The first-order chi connectivity index (χ1) is 11.9. The molecule has 4 amide bonds. The van der Waals surface area contributed by atoms with Crippen molar-refractivity contribution in [2.24, 2.45) is 5.92 Å². The predicted octanol–water partition coefficient (Wildman–Crippen LogP) is 2.41. The molecule has 0 spiro atoms. The quantitative estimate of drug-likeness (QED) is 0.792. The Labute approximate surface area is 148 Å². The number of piperidine rings is 1. The third-order valence-electron chi connectivity index (χ3n) is 5.19. The Morgan fingerprint density at radius 2 is 1.68 bits per heavy atom. The largest absolute Gasteiger partial charge is 0.341 e. The molecule has 3 rings (SSSR count). The van der Waals surface area contributed by atoms with Crippen LogP contribution in [0.5, 0.6) is 0 Å². The van der Waals surface area contributed by atoms with Crippen LogP contribution in [-0.4, -0.2) is 53.3 Å². The lowest BCUT2D eigenvalue weighted by Crippen LogP contribution is -2.46. The number of likely N-dealkylation sites (tertiary alicyclic amines) is 1. The monoisotopic (exact) mass is 343 g/mol. The first-order valence-electron chi connectivity index (χ1n) is 8.87. The van der Waals surface area contributed by atoms with Crippen molar-refractivity contribution in [1.29, 1.82) is 0 Å². The van der Waals surface area contributed by atoms with Crippen molar-refractivity contribution in [2.45, 2.75) is 39.7 Å². The number of aryl methyl sites for hydroxylation is 1. The number of urea groups is 1. The van der Waals surface area contributed by atoms with Gasteiger partial charge in [0.2, 0.25) is 5.91 Å². The van der Waals surface area contributed by atoms with Gasteiger partial charge in [0.25, 0.3) is 5.91 Å². The number of imide groups is 1. The highest BCUT2D eigenvalue weighted by molar-refractivity contribution is 6.15. The molecule has 0 aliphatic carbocycles. The molecule has 25 heavy (non-hydrogen) atoms. The smallest absolute Gasteiger partial charge is 0.332 e. The average molecular weight is 343 g/mol. The van der Waals surface area contributed by atoms with E-state index in [1.54, 1.807) is 11.8 Å². The van der Waals surface area contributed by atoms with Gasteiger partial charge >= 0.3 is 6.03 Å². The topological polar surface area (TPSA) is 60.9 Å². The highest BCUT2D eigenvalue weighted by Crippen LogP contribution is 2.26. The molecule has 1 atom stereocenters. The van der Waals surface area contributed by atoms with Crippen molar-refractivity contribution in [3.63, 3.8) is 0 Å². The molecular formula is C19H25N3O3. The van der Waals surface area contributed by atoms with E-state index in [1.807, 2.05) is 31.2 Å². The zero-order valence-electron chi connectivity index (χ0n) is 15.1. The highest BCUT2D eigenvalue weighted by atomic mass is 16.2. The molecule has 1 aromatic carbocycles. The summed E-state index contributed by atoms with van der Waals surface area (Å²) in [6, 6.07) is 6.46. The Morgan fingerprint density at radius 3 is 2.28 bits per heavy atom. The standard InChI is InChI=1S/C19H25N3O3/c1-13-4-6-16(7-5-13)22-15(3)18(24)21(19(22)25)12-17(23)20-10-8-14(2)9-11-20/h4-7,14-15H,8-12H2,1-3H3. The maximum Gasteiger partial charge on any atom is 0.332 e. The number of hydrogen-bond acceptors (Lipinski definition) is 3. The highest BCUT2D eigenvalue weighted by Gasteiger charge is 2.44. The lowest BCUT2D eigenvalue weighted by Gasteiger charge is -2.31. The Kier molecular flexibility index (Phi) is 4.79. The Hall–Kier alpha value is -2.37. The second-order valence-electron chi connectivity index (χ2n) is 7.15. The molecule has 0 bridgehead atoms. The van der Waals surface area contributed by atoms with Gasteiger partial charge in [-0.3, -0.25) is 19.4 Å². The fourth-order valence-corrected chi connectivity index (χ4v) is 3.40. The van der Waals surface area contributed by atoms with Gasteiger partial charge in [0, 0.05) is 18.8 Å². The van der Waals surface area contributed by atoms with E-state index in [2.05, 4.69) is 6.92 Å². The van der Waals surface area contributed by atoms with Crippen LogP contribution in [0, 0.1) is 12.8 Å². The van der Waals surface area contributed by atoms with Crippen LogP contribution in [0.1, 0.15) is 32.3 Å². The summed E-state index contributed by atoms with van der Waals surface area (Å²) in [5.74, 6) is 0.159. The molecule has 1 aromatic rings. The SMILES string of the molecule is Cc1ccc(N2C(=O)N(CC(=O)N3CCC(C)CC3)C(=O)C2C)cc1. The third kappa shape index (κ3) is 3.38. The maximum absolute atomic E-state index is 12.7. The average Bonchev–Trinajstić information content (AvgIpc) is 2.80. The fourth-order valence-electron chi connectivity index (χ4n) is 3.40. The first kappa shape index (κ1) is 17.5. The van der Waals surface area contributed by atoms with Crippen molar-refractivity contribution in [3.8, 4) is 0 Å². The van der Waals surface area contributed by atoms with Crippen LogP contribution in [0.3, 0.4) is 0 Å². The lowest BCUT2D eigenvalue weighted by atomic mass is 9.99. The number of rotatable bonds is 3. The summed E-state index contributed by atoms with van der Waals surface area (Å²) in [6.45, 7) is 7.08. The molecule has 2 aliphatic heterocycles. The molecule has 2 aliphatic rings. The third-order valence-corrected chi connectivity index (χ3v) is 5.19. The molecule has 6 nitrogen and oxygen atoms in total. The van der Waals surface area contributed by atoms with Crippen LogP contribution in [0.15, 0.2) is 24.3 Å². The summed E-state index contributed by atoms with van der Waals surface area (Å²) in [5.41, 5.74) is 1.76. The molecule has 0 saturated carbocycles. The second kappa shape index (κ2) is 6.86. The van der Waals surface area contributed by atoms with E-state index in [9.17, 15) is 14.4 Å². The molecule has 1 unspecified atom stereocenters. The minimum atomic E-state index is -0.593. The molecule has 2 saturated heterocycles. The Morgan fingerprint density at radius 1 is 1.08 bits per heavy atom. The summed E-state index contributed by atoms with van der Waals surface area (Å²) in [7, 11) is 0. The first-order valence-corrected chi connectivity index (χ1v) is 8.87. The predicted molar refractivity (Wildman–Crippen MR) is 95.2 cm³/mol. The van der Waals surface area contributed by atoms with E-state index in [4.69, 9.17) is 0 Å². The van der Waals surface area contributed by atoms with Gasteiger partial charge in [-0.15, -0.1) is 0 Å². The van der Waals surface area contributed by atoms with E-state index in [0.717, 1.165) is 23.3 Å². The molecule has 134 valence electrons. The van der Waals surface area contributed by atoms with Crippen LogP contribution in [0.2, 0.25) is 0 Å². The normalized spacial score (nSPS) is 22.0. The maximum atomic E-state index is 12.7. The molecule has 2 heterocycles. The van der Waals surface area contributed by atoms with Gasteiger partial charge < -0.3 is 4.90 Å². The lowest BCUT2D eigenvalue weighted by molar-refractivity contribution is -0.138. The summed E-state index contributed by atoms with van der Waals surface area (Å²) < 4.78 is 0. The summed E-state index contributed by atoms with van der Waals surface area (Å²) >= 11 is 0. The van der Waals surface area contributed by atoms with Crippen molar-refractivity contribution in [3.05, 3.63) is 29.8 Å². The van der Waals surface area contributed by atoms with Crippen LogP contribution in [0.25, 0.3) is 0 Å². The number of carbonyl (C=O) groups excluding carboxylic acids is 3. The summed E-state index contributed by atoms with van der Waals surface area (Å²) in [6.07, 6.45) is 1.94. The zero-order chi connectivity index (χ0) is 18.1. The van der Waals surface area contributed by atoms with E-state index < -0.39 is 12.1 Å². The van der Waals surface area contributed by atoms with Gasteiger partial charge in [-0.05, 0) is 44.7 Å². The number of anilines is 1. The Balaban J connectivity index is 1.72. The fraction of sp³-hybridized carbons (Fsp3) is 0.526. The molecule has 6 heteroatoms. The molecule has 0 radical (unpaired) electrons. The van der Waals surface area contributed by atoms with E-state index in [0.29, 0.717) is 24.7 Å². The molecule has 2 fully saturated rings. The number of nitrogens with zero attached hydrogens (tertiary/aromatic N) is 3. The molecular weight excluding hydrogens is 318 g/mol. The second-order valence-corrected chi connectivity index (χ2v) is 7.15. The van der Waals surface area contributed by atoms with E-state index in [-0.39, 0.29) is 18.4 Å². The zero-order valence-corrected chi connectivity index (χ0v) is 15.1. The summed E-state index contributed by atoms with van der Waals surface area (Å²) in [5, 5.41) is 0. The Bertz CT molecular complexity index is 678. The minimum absolute atomic E-state index is 0.147. The number of amides is 4.